The van der Waals surface area contributed by atoms with Crippen LogP contribution in [0.25, 0.3) is 0 Å². The summed E-state index contributed by atoms with van der Waals surface area (Å²) < 4.78 is 0. The van der Waals surface area contributed by atoms with Crippen molar-refractivity contribution >= 4 is 11.6 Å². The molecule has 1 N–H and O–H groups in total. The lowest BCUT2D eigenvalue weighted by Crippen LogP contribution is -2.29. The predicted molar refractivity (Wildman–Crippen MR) is 47.2 cm³/mol. The monoisotopic (exact) mass is 178 g/mol. The first-order chi connectivity index (χ1) is 6.29. The second-order valence-corrected chi connectivity index (χ2v) is 3.01. The number of carbonyl (C=O) groups is 1. The number of aliphatic hydroxyl groups is 1. The van der Waals surface area contributed by atoms with E-state index in [2.05, 4.69) is 4.98 Å². The number of carbonyl (C=O) groups excluding carboxylic acids is 1. The molecular formula is C9H10N2O2. The van der Waals surface area contributed by atoms with Gasteiger partial charge in [-0.25, -0.2) is 0 Å². The second-order valence-electron chi connectivity index (χ2n) is 3.01. The second kappa shape index (κ2) is 3.14. The number of nitrogens with zero attached hydrogens (tertiary/aromatic N) is 2. The minimum Gasteiger partial charge on any atom is -0.383 e. The van der Waals surface area contributed by atoms with Crippen molar-refractivity contribution in [2.24, 2.45) is 0 Å². The van der Waals surface area contributed by atoms with E-state index in [0.717, 1.165) is 5.69 Å². The van der Waals surface area contributed by atoms with Crippen LogP contribution >= 0.6 is 0 Å². The van der Waals surface area contributed by atoms with Gasteiger partial charge in [0, 0.05) is 19.2 Å². The first-order valence-electron chi connectivity index (χ1n) is 4.18. The molecule has 1 aliphatic heterocycles. The van der Waals surface area contributed by atoms with Crippen molar-refractivity contribution in [1.29, 1.82) is 0 Å². The van der Waals surface area contributed by atoms with Crippen molar-refractivity contribution in [3.05, 3.63) is 24.5 Å². The molecule has 1 aromatic heterocycles. The van der Waals surface area contributed by atoms with E-state index < -0.39 is 6.10 Å². The fourth-order valence-electron chi connectivity index (χ4n) is 1.43. The molecule has 0 aromatic carbocycles. The lowest BCUT2D eigenvalue weighted by molar-refractivity contribution is -0.123. The summed E-state index contributed by atoms with van der Waals surface area (Å²) in [5, 5.41) is 9.22. The summed E-state index contributed by atoms with van der Waals surface area (Å²) in [6, 6.07) is 3.58. The molecule has 0 bridgehead atoms. The van der Waals surface area contributed by atoms with E-state index in [-0.39, 0.29) is 5.91 Å². The first kappa shape index (κ1) is 8.19. The van der Waals surface area contributed by atoms with Crippen LogP contribution in [-0.4, -0.2) is 28.6 Å². The van der Waals surface area contributed by atoms with Gasteiger partial charge in [0.2, 0.25) is 0 Å². The van der Waals surface area contributed by atoms with E-state index in [9.17, 15) is 9.90 Å². The third-order valence-corrected chi connectivity index (χ3v) is 2.13. The van der Waals surface area contributed by atoms with E-state index in [1.165, 1.54) is 0 Å². The lowest BCUT2D eigenvalue weighted by Gasteiger charge is -2.14. The van der Waals surface area contributed by atoms with Crippen LogP contribution in [-0.2, 0) is 4.79 Å². The molecule has 0 saturated carbocycles. The molecule has 1 unspecified atom stereocenters. The van der Waals surface area contributed by atoms with Gasteiger partial charge >= 0.3 is 0 Å². The van der Waals surface area contributed by atoms with Crippen molar-refractivity contribution in [2.75, 3.05) is 11.4 Å². The van der Waals surface area contributed by atoms with Crippen LogP contribution in [0.3, 0.4) is 0 Å². The molecule has 0 spiro atoms. The molecule has 1 amide bonds. The lowest BCUT2D eigenvalue weighted by atomic mass is 10.3. The van der Waals surface area contributed by atoms with Crippen molar-refractivity contribution in [1.82, 2.24) is 4.98 Å². The largest absolute Gasteiger partial charge is 0.383 e. The number of aliphatic hydroxyl groups excluding tert-OH is 1. The molecule has 1 fully saturated rings. The van der Waals surface area contributed by atoms with Gasteiger partial charge in [-0.05, 0) is 12.1 Å². The van der Waals surface area contributed by atoms with Gasteiger partial charge in [-0.2, -0.15) is 0 Å². The van der Waals surface area contributed by atoms with Gasteiger partial charge in [-0.3, -0.25) is 9.78 Å². The Labute approximate surface area is 75.8 Å². The summed E-state index contributed by atoms with van der Waals surface area (Å²) in [5.74, 6) is -0.229. The van der Waals surface area contributed by atoms with Crippen molar-refractivity contribution in [2.45, 2.75) is 12.5 Å². The Morgan fingerprint density at radius 2 is 2.46 bits per heavy atom. The average Bonchev–Trinajstić information content (AvgIpc) is 2.49. The Balaban J connectivity index is 2.24. The molecule has 1 saturated heterocycles. The van der Waals surface area contributed by atoms with Gasteiger partial charge in [-0.1, -0.05) is 0 Å². The standard InChI is InChI=1S/C9H10N2O2/c12-8-3-5-11(9(8)13)7-2-1-4-10-6-7/h1-2,4,6,8,12H,3,5H2. The third-order valence-electron chi connectivity index (χ3n) is 2.13. The van der Waals surface area contributed by atoms with Crippen LogP contribution in [0.15, 0.2) is 24.5 Å². The Hall–Kier alpha value is -1.42. The number of aromatic nitrogens is 1. The van der Waals surface area contributed by atoms with Crippen molar-refractivity contribution in [3.63, 3.8) is 0 Å². The van der Waals surface area contributed by atoms with Crippen molar-refractivity contribution in [3.8, 4) is 0 Å². The topological polar surface area (TPSA) is 53.4 Å². The molecule has 1 aliphatic rings. The maximum absolute atomic E-state index is 11.4. The number of amides is 1. The molecular weight excluding hydrogens is 168 g/mol. The zero-order valence-corrected chi connectivity index (χ0v) is 7.05. The Morgan fingerprint density at radius 1 is 1.62 bits per heavy atom. The maximum Gasteiger partial charge on any atom is 0.255 e. The fourth-order valence-corrected chi connectivity index (χ4v) is 1.43. The summed E-state index contributed by atoms with van der Waals surface area (Å²) in [7, 11) is 0. The zero-order chi connectivity index (χ0) is 9.26. The van der Waals surface area contributed by atoms with Gasteiger partial charge in [0.1, 0.15) is 6.10 Å². The summed E-state index contributed by atoms with van der Waals surface area (Å²) in [6.07, 6.45) is 2.95. The highest BCUT2D eigenvalue weighted by Crippen LogP contribution is 2.19. The molecule has 0 radical (unpaired) electrons. The van der Waals surface area contributed by atoms with Crippen molar-refractivity contribution < 1.29 is 9.90 Å². The Kier molecular flexibility index (Phi) is 1.98. The maximum atomic E-state index is 11.4. The normalized spacial score (nSPS) is 22.4. The van der Waals surface area contributed by atoms with E-state index in [0.29, 0.717) is 13.0 Å². The molecule has 1 aromatic rings. The fraction of sp³-hybridized carbons (Fsp3) is 0.333. The van der Waals surface area contributed by atoms with Crippen LogP contribution in [0.1, 0.15) is 6.42 Å². The summed E-state index contributed by atoms with van der Waals surface area (Å²) in [6.45, 7) is 0.575. The van der Waals surface area contributed by atoms with Gasteiger partial charge < -0.3 is 10.0 Å². The molecule has 13 heavy (non-hydrogen) atoms. The zero-order valence-electron chi connectivity index (χ0n) is 7.05. The van der Waals surface area contributed by atoms with Gasteiger partial charge in [0.05, 0.1) is 11.9 Å². The summed E-state index contributed by atoms with van der Waals surface area (Å²) in [5.41, 5.74) is 0.754. The molecule has 2 rings (SSSR count). The summed E-state index contributed by atoms with van der Waals surface area (Å²) in [4.78, 5) is 16.8. The van der Waals surface area contributed by atoms with Crippen LogP contribution in [0, 0.1) is 0 Å². The van der Waals surface area contributed by atoms with E-state index in [1.807, 2.05) is 6.07 Å². The predicted octanol–water partition coefficient (Wildman–Crippen LogP) is 0.179. The van der Waals surface area contributed by atoms with Crippen LogP contribution in [0.2, 0.25) is 0 Å². The van der Waals surface area contributed by atoms with Gasteiger partial charge in [0.25, 0.3) is 5.91 Å². The first-order valence-corrected chi connectivity index (χ1v) is 4.18. The highest BCUT2D eigenvalue weighted by molar-refractivity contribution is 5.98. The molecule has 0 aliphatic carbocycles. The number of pyridine rings is 1. The Morgan fingerprint density at radius 3 is 3.00 bits per heavy atom. The van der Waals surface area contributed by atoms with E-state index in [1.54, 1.807) is 23.4 Å². The minimum atomic E-state index is -0.833. The van der Waals surface area contributed by atoms with Crippen LogP contribution < -0.4 is 4.90 Å². The molecule has 4 heteroatoms. The molecule has 4 nitrogen and oxygen atoms in total. The number of rotatable bonds is 1. The van der Waals surface area contributed by atoms with Crippen LogP contribution in [0.4, 0.5) is 5.69 Å². The average molecular weight is 178 g/mol. The summed E-state index contributed by atoms with van der Waals surface area (Å²) >= 11 is 0. The quantitative estimate of drug-likeness (QED) is 0.667. The Bertz CT molecular complexity index is 313. The molecule has 2 heterocycles. The number of hydrogen-bond acceptors (Lipinski definition) is 3. The van der Waals surface area contributed by atoms with Gasteiger partial charge in [-0.15, -0.1) is 0 Å². The van der Waals surface area contributed by atoms with Gasteiger partial charge in [0.15, 0.2) is 0 Å². The smallest absolute Gasteiger partial charge is 0.255 e. The highest BCUT2D eigenvalue weighted by Gasteiger charge is 2.30. The van der Waals surface area contributed by atoms with Crippen LogP contribution in [0.5, 0.6) is 0 Å². The number of anilines is 1. The minimum absolute atomic E-state index is 0.229. The molecule has 1 atom stereocenters. The third kappa shape index (κ3) is 1.40. The SMILES string of the molecule is O=C1C(O)CCN1c1cccnc1. The number of hydrogen-bond donors (Lipinski definition) is 1. The van der Waals surface area contributed by atoms with E-state index in [4.69, 9.17) is 0 Å². The van der Waals surface area contributed by atoms with E-state index >= 15 is 0 Å². The highest BCUT2D eigenvalue weighted by atomic mass is 16.3. The molecule has 68 valence electrons.